The molecule has 2 rings (SSSR count). The van der Waals surface area contributed by atoms with Crippen LogP contribution in [0.25, 0.3) is 0 Å². The van der Waals surface area contributed by atoms with Gasteiger partial charge in [0.05, 0.1) is 17.4 Å². The summed E-state index contributed by atoms with van der Waals surface area (Å²) in [5, 5.41) is 0. The van der Waals surface area contributed by atoms with Gasteiger partial charge in [0.25, 0.3) is 6.43 Å². The smallest absolute Gasteiger partial charge is 0.399 e. The van der Waals surface area contributed by atoms with Crippen molar-refractivity contribution in [2.45, 2.75) is 45.3 Å². The molecule has 1 saturated heterocycles. The Balaban J connectivity index is 2.45. The lowest BCUT2D eigenvalue weighted by molar-refractivity contribution is 0.00578. The van der Waals surface area contributed by atoms with Crippen molar-refractivity contribution in [3.63, 3.8) is 0 Å². The monoisotopic (exact) mass is 273 g/mol. The van der Waals surface area contributed by atoms with Crippen LogP contribution in [0.4, 0.5) is 13.2 Å². The summed E-state index contributed by atoms with van der Waals surface area (Å²) < 4.78 is 50.9. The zero-order chi connectivity index (χ0) is 14.4. The molecule has 7 heteroatoms. The average molecular weight is 273 g/mol. The molecule has 0 amide bonds. The first kappa shape index (κ1) is 14.3. The molecule has 104 valence electrons. The first-order chi connectivity index (χ1) is 8.66. The topological polar surface area (TPSA) is 31.4 Å². The van der Waals surface area contributed by atoms with Gasteiger partial charge in [-0.3, -0.25) is 4.98 Å². The Morgan fingerprint density at radius 3 is 2.11 bits per heavy atom. The second-order valence-corrected chi connectivity index (χ2v) is 5.51. The summed E-state index contributed by atoms with van der Waals surface area (Å²) in [5.41, 5.74) is -2.21. The van der Waals surface area contributed by atoms with Crippen molar-refractivity contribution in [1.82, 2.24) is 4.98 Å². The fourth-order valence-electron chi connectivity index (χ4n) is 1.84. The Morgan fingerprint density at radius 2 is 1.63 bits per heavy atom. The van der Waals surface area contributed by atoms with Crippen LogP contribution in [0.1, 0.15) is 39.7 Å². The first-order valence-corrected chi connectivity index (χ1v) is 5.93. The highest BCUT2D eigenvalue weighted by Gasteiger charge is 2.53. The molecule has 3 nitrogen and oxygen atoms in total. The highest BCUT2D eigenvalue weighted by atomic mass is 19.3. The van der Waals surface area contributed by atoms with E-state index in [9.17, 15) is 13.2 Å². The molecular formula is C12H15BF3NO2. The summed E-state index contributed by atoms with van der Waals surface area (Å²) in [6, 6.07) is 0. The van der Waals surface area contributed by atoms with Gasteiger partial charge >= 0.3 is 7.12 Å². The molecule has 0 aromatic carbocycles. The molecular weight excluding hydrogens is 258 g/mol. The Kier molecular flexibility index (Phi) is 3.39. The fraction of sp³-hybridized carbons (Fsp3) is 0.583. The molecule has 0 aliphatic carbocycles. The molecule has 0 radical (unpaired) electrons. The zero-order valence-corrected chi connectivity index (χ0v) is 11.2. The Morgan fingerprint density at radius 1 is 1.11 bits per heavy atom. The van der Waals surface area contributed by atoms with Gasteiger partial charge in [-0.25, -0.2) is 13.2 Å². The normalized spacial score (nSPS) is 21.2. The number of alkyl halides is 2. The van der Waals surface area contributed by atoms with Gasteiger partial charge in [-0.1, -0.05) is 0 Å². The van der Waals surface area contributed by atoms with E-state index in [4.69, 9.17) is 9.31 Å². The number of hydrogen-bond donors (Lipinski definition) is 0. The second-order valence-electron chi connectivity index (χ2n) is 5.51. The van der Waals surface area contributed by atoms with Crippen LogP contribution in [0.15, 0.2) is 12.4 Å². The van der Waals surface area contributed by atoms with Gasteiger partial charge in [0, 0.05) is 17.2 Å². The maximum absolute atomic E-state index is 13.8. The van der Waals surface area contributed by atoms with E-state index >= 15 is 0 Å². The third-order valence-electron chi connectivity index (χ3n) is 3.69. The molecule has 1 fully saturated rings. The van der Waals surface area contributed by atoms with Crippen LogP contribution >= 0.6 is 0 Å². The van der Waals surface area contributed by atoms with Crippen LogP contribution in [0.3, 0.4) is 0 Å². The molecule has 1 aromatic rings. The minimum atomic E-state index is -2.84. The predicted molar refractivity (Wildman–Crippen MR) is 64.9 cm³/mol. The maximum Gasteiger partial charge on any atom is 0.498 e. The van der Waals surface area contributed by atoms with Crippen molar-refractivity contribution in [3.8, 4) is 0 Å². The van der Waals surface area contributed by atoms with Gasteiger partial charge in [0.1, 0.15) is 5.82 Å². The van der Waals surface area contributed by atoms with Crippen molar-refractivity contribution in [3.05, 3.63) is 23.8 Å². The highest BCUT2D eigenvalue weighted by molar-refractivity contribution is 6.62. The molecule has 1 aliphatic rings. The van der Waals surface area contributed by atoms with E-state index < -0.39 is 36.1 Å². The predicted octanol–water partition coefficient (Wildman–Crippen LogP) is 2.46. The number of rotatable bonds is 2. The standard InChI is InChI=1S/C12H15BF3NO2/c1-11(2)12(3,4)19-13(18-11)9-7(10(15)16)5-17-6-8(9)14/h5-6,10H,1-4H3. The summed E-state index contributed by atoms with van der Waals surface area (Å²) in [6.07, 6.45) is -1.02. The van der Waals surface area contributed by atoms with Gasteiger partial charge in [-0.2, -0.15) is 0 Å². The van der Waals surface area contributed by atoms with E-state index in [-0.39, 0.29) is 5.46 Å². The molecule has 1 aromatic heterocycles. The van der Waals surface area contributed by atoms with Gasteiger partial charge in [-0.05, 0) is 27.7 Å². The average Bonchev–Trinajstić information content (AvgIpc) is 2.47. The minimum absolute atomic E-state index is 0.274. The van der Waals surface area contributed by atoms with E-state index in [2.05, 4.69) is 4.98 Å². The van der Waals surface area contributed by atoms with Gasteiger partial charge < -0.3 is 9.31 Å². The number of aromatic nitrogens is 1. The van der Waals surface area contributed by atoms with E-state index in [1.807, 2.05) is 0 Å². The fourth-order valence-corrected chi connectivity index (χ4v) is 1.84. The third kappa shape index (κ3) is 2.37. The number of hydrogen-bond acceptors (Lipinski definition) is 3. The summed E-state index contributed by atoms with van der Waals surface area (Å²) in [6.45, 7) is 7.09. The summed E-state index contributed by atoms with van der Waals surface area (Å²) in [5.74, 6) is -0.851. The van der Waals surface area contributed by atoms with Gasteiger partial charge in [0.15, 0.2) is 0 Å². The van der Waals surface area contributed by atoms with Gasteiger partial charge in [-0.15, -0.1) is 0 Å². The Labute approximate surface area is 110 Å². The van der Waals surface area contributed by atoms with Crippen LogP contribution in [0.5, 0.6) is 0 Å². The molecule has 0 atom stereocenters. The molecule has 2 heterocycles. The summed E-state index contributed by atoms with van der Waals surface area (Å²) >= 11 is 0. The van der Waals surface area contributed by atoms with Crippen LogP contribution < -0.4 is 5.46 Å². The number of nitrogens with zero attached hydrogens (tertiary/aromatic N) is 1. The van der Waals surface area contributed by atoms with Gasteiger partial charge in [0.2, 0.25) is 0 Å². The van der Waals surface area contributed by atoms with Crippen LogP contribution in [-0.2, 0) is 9.31 Å². The molecule has 19 heavy (non-hydrogen) atoms. The third-order valence-corrected chi connectivity index (χ3v) is 3.69. The number of pyridine rings is 1. The molecule has 0 saturated carbocycles. The lowest BCUT2D eigenvalue weighted by atomic mass is 9.76. The van der Waals surface area contributed by atoms with E-state index in [0.717, 1.165) is 12.4 Å². The summed E-state index contributed by atoms with van der Waals surface area (Å²) in [7, 11) is -1.16. The second kappa shape index (κ2) is 4.49. The van der Waals surface area contributed by atoms with E-state index in [0.29, 0.717) is 0 Å². The first-order valence-electron chi connectivity index (χ1n) is 5.93. The lowest BCUT2D eigenvalue weighted by Crippen LogP contribution is -2.41. The summed E-state index contributed by atoms with van der Waals surface area (Å²) in [4.78, 5) is 3.44. The maximum atomic E-state index is 13.8. The van der Waals surface area contributed by atoms with E-state index in [1.54, 1.807) is 27.7 Å². The SMILES string of the molecule is CC1(C)OB(c2c(F)cncc2C(F)F)OC1(C)C. The largest absolute Gasteiger partial charge is 0.498 e. The molecule has 0 unspecified atom stereocenters. The van der Waals surface area contributed by atoms with Crippen molar-refractivity contribution in [2.24, 2.45) is 0 Å². The van der Waals surface area contributed by atoms with Crippen molar-refractivity contribution < 1.29 is 22.5 Å². The Bertz CT molecular complexity index is 478. The van der Waals surface area contributed by atoms with E-state index in [1.165, 1.54) is 0 Å². The lowest BCUT2D eigenvalue weighted by Gasteiger charge is -2.32. The Hall–Kier alpha value is -1.08. The van der Waals surface area contributed by atoms with Crippen LogP contribution in [0, 0.1) is 5.82 Å². The van der Waals surface area contributed by atoms with Crippen LogP contribution in [-0.4, -0.2) is 23.3 Å². The van der Waals surface area contributed by atoms with Crippen molar-refractivity contribution >= 4 is 12.6 Å². The number of halogens is 3. The molecule has 0 N–H and O–H groups in total. The van der Waals surface area contributed by atoms with Crippen molar-refractivity contribution in [1.29, 1.82) is 0 Å². The van der Waals surface area contributed by atoms with Crippen molar-refractivity contribution in [2.75, 3.05) is 0 Å². The molecule has 0 spiro atoms. The molecule has 0 bridgehead atoms. The van der Waals surface area contributed by atoms with Crippen LogP contribution in [0.2, 0.25) is 0 Å². The molecule has 1 aliphatic heterocycles. The highest BCUT2D eigenvalue weighted by Crippen LogP contribution is 2.37. The quantitative estimate of drug-likeness (QED) is 0.775. The zero-order valence-electron chi connectivity index (χ0n) is 11.2. The minimum Gasteiger partial charge on any atom is -0.399 e.